The zero-order chi connectivity index (χ0) is 4.50. The monoisotopic (exact) mass is 139 g/mol. The van der Waals surface area contributed by atoms with Crippen molar-refractivity contribution in [1.29, 1.82) is 0 Å². The third kappa shape index (κ3) is 159. The van der Waals surface area contributed by atoms with Crippen molar-refractivity contribution in [3.05, 3.63) is 0 Å². The quantitative estimate of drug-likeness (QED) is 0.243. The van der Waals surface area contributed by atoms with Crippen LogP contribution >= 0.6 is 7.82 Å². The average molecular weight is 139 g/mol. The molecule has 0 atom stereocenters. The molecule has 0 radical (unpaired) electrons. The van der Waals surface area contributed by atoms with Crippen molar-refractivity contribution in [2.24, 2.45) is 0 Å². The van der Waals surface area contributed by atoms with Crippen LogP contribution in [0.1, 0.15) is 0 Å². The maximum atomic E-state index is 8.88. The first kappa shape index (κ1) is 15.7. The second-order valence-electron chi connectivity index (χ2n) is 0.513. The molecular formula is H7NNaO4P. The van der Waals surface area contributed by atoms with Crippen LogP contribution in [0.4, 0.5) is 0 Å². The summed E-state index contributed by atoms with van der Waals surface area (Å²) in [5, 5.41) is 0. The van der Waals surface area contributed by atoms with Gasteiger partial charge in [0.25, 0.3) is 0 Å². The van der Waals surface area contributed by atoms with Crippen LogP contribution in [0.15, 0.2) is 0 Å². The van der Waals surface area contributed by atoms with E-state index in [-0.39, 0.29) is 35.7 Å². The van der Waals surface area contributed by atoms with Crippen LogP contribution in [0.3, 0.4) is 0 Å². The summed E-state index contributed by atoms with van der Waals surface area (Å²) in [7, 11) is -4.64. The second-order valence-corrected chi connectivity index (χ2v) is 1.54. The Hall–Kier alpha value is 1.07. The SMILES string of the molecule is N.O=P(O)(O)O.[NaH]. The zero-order valence-corrected chi connectivity index (χ0v) is 3.80. The molecule has 0 amide bonds. The third-order valence-corrected chi connectivity index (χ3v) is 0. The number of rotatable bonds is 0. The van der Waals surface area contributed by atoms with Gasteiger partial charge >= 0.3 is 37.4 Å². The Morgan fingerprint density at radius 3 is 1.14 bits per heavy atom. The molecule has 0 aromatic carbocycles. The predicted molar refractivity (Wildman–Crippen MR) is 26.4 cm³/mol. The summed E-state index contributed by atoms with van der Waals surface area (Å²) in [5.41, 5.74) is 0. The van der Waals surface area contributed by atoms with Crippen molar-refractivity contribution in [3.8, 4) is 0 Å². The molecule has 0 aromatic rings. The average Bonchev–Trinajstić information content (AvgIpc) is 0.722. The third-order valence-electron chi connectivity index (χ3n) is 0. The molecule has 7 heteroatoms. The van der Waals surface area contributed by atoms with E-state index < -0.39 is 7.82 Å². The molecule has 0 fully saturated rings. The molecule has 0 saturated heterocycles. The first-order valence-corrected chi connectivity index (χ1v) is 2.35. The van der Waals surface area contributed by atoms with Gasteiger partial charge in [-0.25, -0.2) is 4.57 Å². The Bertz CT molecular complexity index is 57.8. The minimum absolute atomic E-state index is 0. The Balaban J connectivity index is -0.0000000800. The van der Waals surface area contributed by atoms with Crippen LogP contribution < -0.4 is 6.15 Å². The predicted octanol–water partition coefficient (Wildman–Crippen LogP) is -1.42. The Labute approximate surface area is 62.9 Å². The van der Waals surface area contributed by atoms with E-state index in [9.17, 15) is 0 Å². The fraction of sp³-hybridized carbons (Fsp3) is 0. The van der Waals surface area contributed by atoms with E-state index in [0.29, 0.717) is 0 Å². The van der Waals surface area contributed by atoms with Gasteiger partial charge in [-0.15, -0.1) is 0 Å². The molecule has 0 aliphatic heterocycles. The van der Waals surface area contributed by atoms with Crippen LogP contribution in [0.25, 0.3) is 0 Å². The summed E-state index contributed by atoms with van der Waals surface area (Å²) < 4.78 is 8.88. The summed E-state index contributed by atoms with van der Waals surface area (Å²) >= 11 is 0. The van der Waals surface area contributed by atoms with Crippen molar-refractivity contribution in [2.45, 2.75) is 0 Å². The summed E-state index contributed by atoms with van der Waals surface area (Å²) in [6.07, 6.45) is 0. The number of phosphoric acid groups is 1. The van der Waals surface area contributed by atoms with E-state index in [4.69, 9.17) is 19.2 Å². The first-order chi connectivity index (χ1) is 2.00. The number of hydrogen-bond donors (Lipinski definition) is 4. The van der Waals surface area contributed by atoms with Crippen molar-refractivity contribution >= 4 is 37.4 Å². The molecule has 0 aliphatic carbocycles. The van der Waals surface area contributed by atoms with Gasteiger partial charge in [0.15, 0.2) is 0 Å². The van der Waals surface area contributed by atoms with Crippen molar-refractivity contribution in [2.75, 3.05) is 0 Å². The molecule has 0 spiro atoms. The fourth-order valence-electron chi connectivity index (χ4n) is 0. The van der Waals surface area contributed by atoms with Crippen LogP contribution in [0.2, 0.25) is 0 Å². The maximum absolute atomic E-state index is 8.88. The van der Waals surface area contributed by atoms with Gasteiger partial charge in [-0.05, 0) is 0 Å². The number of hydrogen-bond acceptors (Lipinski definition) is 2. The first-order valence-electron chi connectivity index (χ1n) is 0.783. The van der Waals surface area contributed by atoms with Gasteiger partial charge < -0.3 is 20.8 Å². The van der Waals surface area contributed by atoms with E-state index in [1.807, 2.05) is 0 Å². The molecule has 5 nitrogen and oxygen atoms in total. The van der Waals surface area contributed by atoms with Gasteiger partial charge in [0.2, 0.25) is 0 Å². The molecule has 6 N–H and O–H groups in total. The summed E-state index contributed by atoms with van der Waals surface area (Å²) in [5.74, 6) is 0. The molecule has 0 heterocycles. The van der Waals surface area contributed by atoms with Crippen molar-refractivity contribution in [3.63, 3.8) is 0 Å². The molecular weight excluding hydrogens is 132 g/mol. The molecule has 0 aromatic heterocycles. The molecule has 0 aliphatic rings. The van der Waals surface area contributed by atoms with E-state index in [1.54, 1.807) is 0 Å². The van der Waals surface area contributed by atoms with E-state index in [1.165, 1.54) is 0 Å². The van der Waals surface area contributed by atoms with Crippen LogP contribution in [-0.4, -0.2) is 44.2 Å². The van der Waals surface area contributed by atoms with Crippen molar-refractivity contribution < 1.29 is 19.2 Å². The minimum atomic E-state index is -4.64. The molecule has 0 rings (SSSR count). The molecule has 7 heavy (non-hydrogen) atoms. The van der Waals surface area contributed by atoms with Crippen LogP contribution in [0.5, 0.6) is 0 Å². The summed E-state index contributed by atoms with van der Waals surface area (Å²) in [4.78, 5) is 21.6. The molecule has 0 bridgehead atoms. The van der Waals surface area contributed by atoms with Gasteiger partial charge in [-0.1, -0.05) is 0 Å². The van der Waals surface area contributed by atoms with Crippen LogP contribution in [0, 0.1) is 0 Å². The van der Waals surface area contributed by atoms with Gasteiger partial charge in [0.05, 0.1) is 0 Å². The van der Waals surface area contributed by atoms with Gasteiger partial charge in [-0.3, -0.25) is 0 Å². The molecule has 0 saturated carbocycles. The normalized spacial score (nSPS) is 8.43. The van der Waals surface area contributed by atoms with Gasteiger partial charge in [0.1, 0.15) is 0 Å². The van der Waals surface area contributed by atoms with E-state index in [2.05, 4.69) is 0 Å². The van der Waals surface area contributed by atoms with E-state index >= 15 is 0 Å². The Morgan fingerprint density at radius 1 is 1.14 bits per heavy atom. The van der Waals surface area contributed by atoms with Gasteiger partial charge in [-0.2, -0.15) is 0 Å². The Morgan fingerprint density at radius 2 is 1.14 bits per heavy atom. The zero-order valence-electron chi connectivity index (χ0n) is 2.90. The fourth-order valence-corrected chi connectivity index (χ4v) is 0. The summed E-state index contributed by atoms with van der Waals surface area (Å²) in [6, 6.07) is 0. The Kier molecular flexibility index (Phi) is 11.7. The topological polar surface area (TPSA) is 113 Å². The standard InChI is InChI=1S/H3N.Na.H3O4P.H/c;;1-5(2,3)4;/h1H3;;(H3,1,2,3,4);. The van der Waals surface area contributed by atoms with Crippen molar-refractivity contribution in [1.82, 2.24) is 6.15 Å². The molecule has 42 valence electrons. The van der Waals surface area contributed by atoms with Gasteiger partial charge in [0, 0.05) is 0 Å². The second kappa shape index (κ2) is 5.21. The summed E-state index contributed by atoms with van der Waals surface area (Å²) in [6.45, 7) is 0. The molecule has 0 unspecified atom stereocenters. The van der Waals surface area contributed by atoms with Crippen LogP contribution in [-0.2, 0) is 4.57 Å². The van der Waals surface area contributed by atoms with E-state index in [0.717, 1.165) is 0 Å².